The summed E-state index contributed by atoms with van der Waals surface area (Å²) in [7, 11) is 1.87. The maximum absolute atomic E-state index is 11.2. The first-order chi connectivity index (χ1) is 12.7. The molecule has 27 heavy (non-hydrogen) atoms. The molecule has 2 unspecified atom stereocenters. The minimum atomic E-state index is -0.308. The van der Waals surface area contributed by atoms with Gasteiger partial charge in [0.25, 0.3) is 0 Å². The summed E-state index contributed by atoms with van der Waals surface area (Å²) in [5.41, 5.74) is 18.4. The van der Waals surface area contributed by atoms with Gasteiger partial charge in [0.15, 0.2) is 0 Å². The van der Waals surface area contributed by atoms with Gasteiger partial charge in [0.2, 0.25) is 0 Å². The van der Waals surface area contributed by atoms with Crippen LogP contribution in [-0.2, 0) is 30.1 Å². The molecule has 2 atom stereocenters. The van der Waals surface area contributed by atoms with Crippen LogP contribution in [0.4, 0.5) is 11.5 Å². The van der Waals surface area contributed by atoms with Gasteiger partial charge in [0.1, 0.15) is 12.1 Å². The molecular formula is C21H31N5O. The highest BCUT2D eigenvalue weighted by Crippen LogP contribution is 2.38. The molecule has 1 aliphatic heterocycles. The minimum absolute atomic E-state index is 0.268. The Kier molecular flexibility index (Phi) is 5.29. The van der Waals surface area contributed by atoms with Crippen LogP contribution in [0, 0.1) is 13.8 Å². The molecule has 4 rings (SSSR count). The molecule has 6 nitrogen and oxygen atoms in total. The monoisotopic (exact) mass is 369 g/mol. The van der Waals surface area contributed by atoms with E-state index in [1.54, 1.807) is 4.68 Å². The topological polar surface area (TPSA) is 99.0 Å². The highest BCUT2D eigenvalue weighted by Gasteiger charge is 2.32. The summed E-state index contributed by atoms with van der Waals surface area (Å²) in [5, 5.41) is 7.71. The van der Waals surface area contributed by atoms with Crippen molar-refractivity contribution in [2.75, 3.05) is 17.6 Å². The molecule has 5 N–H and O–H groups in total. The number of aldehydes is 1. The molecule has 2 aliphatic rings. The molecule has 2 aromatic rings. The molecule has 0 fully saturated rings. The Labute approximate surface area is 161 Å². The molecule has 1 aromatic carbocycles. The number of hydrogen-bond acceptors (Lipinski definition) is 5. The minimum Gasteiger partial charge on any atom is -0.385 e. The number of nitrogens with zero attached hydrogens (tertiary/aromatic N) is 2. The van der Waals surface area contributed by atoms with Gasteiger partial charge in [-0.1, -0.05) is 17.7 Å². The third kappa shape index (κ3) is 3.72. The first kappa shape index (κ1) is 19.4. The molecule has 6 heteroatoms. The Morgan fingerprint density at radius 2 is 2.11 bits per heavy atom. The summed E-state index contributed by atoms with van der Waals surface area (Å²) in [5.74, 6) is 0.778. The van der Waals surface area contributed by atoms with E-state index < -0.39 is 0 Å². The second-order valence-corrected chi connectivity index (χ2v) is 8.15. The number of aromatic nitrogens is 2. The first-order valence-corrected chi connectivity index (χ1v) is 9.63. The second-order valence-electron chi connectivity index (χ2n) is 8.15. The number of benzene rings is 1. The number of fused-ring (bicyclic) bond motifs is 2. The number of rotatable bonds is 1. The van der Waals surface area contributed by atoms with Crippen LogP contribution in [0.2, 0.25) is 0 Å². The molecule has 0 amide bonds. The van der Waals surface area contributed by atoms with Gasteiger partial charge in [0, 0.05) is 30.9 Å². The Morgan fingerprint density at radius 3 is 2.81 bits per heavy atom. The number of carbonyl (C=O) groups excluding carboxylic acids is 1. The fraction of sp³-hybridized carbons (Fsp3) is 0.524. The second kappa shape index (κ2) is 7.35. The standard InChI is InChI=1S/C13H17NO.C8H14N4/c1-9-6-10(2)12-11(7-9)13(3,8-15)4-5-14-12;1-12-8(10)6-4-5(9)2-3-7(6)11-12/h6-8,14H,4-5H2,1-3H3;5H,2-4,9-10H2,1H3. The number of nitrogen functional groups attached to an aromatic ring is 1. The van der Waals surface area contributed by atoms with E-state index in [9.17, 15) is 4.79 Å². The SMILES string of the molecule is Cc1cc(C)c2c(c1)C(C)(C=O)CCN2.Cn1nc2c(c1N)CC(N)CC2. The van der Waals surface area contributed by atoms with E-state index in [2.05, 4.69) is 36.4 Å². The normalized spacial score (nSPS) is 23.4. The van der Waals surface area contributed by atoms with Crippen LogP contribution in [0.3, 0.4) is 0 Å². The highest BCUT2D eigenvalue weighted by atomic mass is 16.1. The molecule has 0 spiro atoms. The molecule has 0 saturated carbocycles. The third-order valence-corrected chi connectivity index (χ3v) is 5.80. The van der Waals surface area contributed by atoms with E-state index in [1.807, 2.05) is 14.0 Å². The Balaban J connectivity index is 0.000000159. The average molecular weight is 370 g/mol. The Hall–Kier alpha value is -2.34. The van der Waals surface area contributed by atoms with E-state index in [0.717, 1.165) is 66.8 Å². The van der Waals surface area contributed by atoms with E-state index in [0.29, 0.717) is 0 Å². The van der Waals surface area contributed by atoms with Gasteiger partial charge >= 0.3 is 0 Å². The largest absolute Gasteiger partial charge is 0.385 e. The quantitative estimate of drug-likeness (QED) is 0.670. The fourth-order valence-electron chi connectivity index (χ4n) is 4.10. The van der Waals surface area contributed by atoms with Crippen molar-refractivity contribution in [3.63, 3.8) is 0 Å². The fourth-order valence-corrected chi connectivity index (χ4v) is 4.10. The number of aryl methyl sites for hydroxylation is 4. The van der Waals surface area contributed by atoms with Gasteiger partial charge in [-0.25, -0.2) is 0 Å². The lowest BCUT2D eigenvalue weighted by molar-refractivity contribution is -0.112. The smallest absolute Gasteiger partial charge is 0.130 e. The van der Waals surface area contributed by atoms with Crippen LogP contribution in [0.5, 0.6) is 0 Å². The van der Waals surface area contributed by atoms with Crippen LogP contribution in [0.25, 0.3) is 0 Å². The zero-order chi connectivity index (χ0) is 19.8. The number of anilines is 2. The Morgan fingerprint density at radius 1 is 1.37 bits per heavy atom. The zero-order valence-electron chi connectivity index (χ0n) is 16.8. The van der Waals surface area contributed by atoms with Crippen LogP contribution in [0.1, 0.15) is 47.7 Å². The summed E-state index contributed by atoms with van der Waals surface area (Å²) in [6.07, 6.45) is 4.86. The van der Waals surface area contributed by atoms with Crippen molar-refractivity contribution < 1.29 is 4.79 Å². The number of nitrogens with one attached hydrogen (secondary N) is 1. The van der Waals surface area contributed by atoms with Crippen molar-refractivity contribution in [1.82, 2.24) is 9.78 Å². The predicted molar refractivity (Wildman–Crippen MR) is 110 cm³/mol. The van der Waals surface area contributed by atoms with Crippen molar-refractivity contribution in [3.05, 3.63) is 40.1 Å². The Bertz CT molecular complexity index is 857. The van der Waals surface area contributed by atoms with E-state index in [4.69, 9.17) is 11.5 Å². The summed E-state index contributed by atoms with van der Waals surface area (Å²) in [4.78, 5) is 11.2. The van der Waals surface area contributed by atoms with Gasteiger partial charge in [-0.2, -0.15) is 5.10 Å². The molecular weight excluding hydrogens is 338 g/mol. The molecule has 0 saturated heterocycles. The van der Waals surface area contributed by atoms with Crippen molar-refractivity contribution in [3.8, 4) is 0 Å². The van der Waals surface area contributed by atoms with Crippen molar-refractivity contribution in [1.29, 1.82) is 0 Å². The van der Waals surface area contributed by atoms with Gasteiger partial charge in [-0.15, -0.1) is 0 Å². The summed E-state index contributed by atoms with van der Waals surface area (Å²) >= 11 is 0. The number of nitrogens with two attached hydrogens (primary N) is 2. The first-order valence-electron chi connectivity index (χ1n) is 9.63. The highest BCUT2D eigenvalue weighted by molar-refractivity contribution is 5.76. The van der Waals surface area contributed by atoms with Crippen molar-refractivity contribution >= 4 is 17.8 Å². The lowest BCUT2D eigenvalue weighted by atomic mass is 9.76. The third-order valence-electron chi connectivity index (χ3n) is 5.80. The van der Waals surface area contributed by atoms with Crippen LogP contribution < -0.4 is 16.8 Å². The van der Waals surface area contributed by atoms with Crippen LogP contribution in [0.15, 0.2) is 12.1 Å². The van der Waals surface area contributed by atoms with Crippen molar-refractivity contribution in [2.24, 2.45) is 12.8 Å². The van der Waals surface area contributed by atoms with Gasteiger partial charge in [-0.3, -0.25) is 4.68 Å². The maximum Gasteiger partial charge on any atom is 0.130 e. The lowest BCUT2D eigenvalue weighted by Crippen LogP contribution is -2.33. The molecule has 1 aromatic heterocycles. The van der Waals surface area contributed by atoms with Crippen molar-refractivity contribution in [2.45, 2.75) is 57.9 Å². The summed E-state index contributed by atoms with van der Waals surface area (Å²) in [6.45, 7) is 7.08. The van der Waals surface area contributed by atoms with Crippen LogP contribution in [-0.4, -0.2) is 28.7 Å². The molecule has 146 valence electrons. The van der Waals surface area contributed by atoms with E-state index in [1.165, 1.54) is 11.1 Å². The zero-order valence-corrected chi connectivity index (χ0v) is 16.8. The number of hydrogen-bond donors (Lipinski definition) is 3. The predicted octanol–water partition coefficient (Wildman–Crippen LogP) is 2.39. The van der Waals surface area contributed by atoms with Gasteiger partial charge in [-0.05, 0) is 57.6 Å². The van der Waals surface area contributed by atoms with E-state index >= 15 is 0 Å². The molecule has 0 bridgehead atoms. The molecule has 0 radical (unpaired) electrons. The van der Waals surface area contributed by atoms with E-state index in [-0.39, 0.29) is 11.5 Å². The summed E-state index contributed by atoms with van der Waals surface area (Å²) < 4.78 is 1.74. The van der Waals surface area contributed by atoms with Gasteiger partial charge in [0.05, 0.1) is 11.1 Å². The maximum atomic E-state index is 11.2. The summed E-state index contributed by atoms with van der Waals surface area (Å²) in [6, 6.07) is 4.55. The number of carbonyl (C=O) groups is 1. The van der Waals surface area contributed by atoms with Crippen LogP contribution >= 0.6 is 0 Å². The lowest BCUT2D eigenvalue weighted by Gasteiger charge is -2.33. The molecule has 2 heterocycles. The molecule has 1 aliphatic carbocycles. The average Bonchev–Trinajstić information content (AvgIpc) is 2.91. The van der Waals surface area contributed by atoms with Gasteiger partial charge < -0.3 is 21.6 Å².